The zero-order valence-corrected chi connectivity index (χ0v) is 17.6. The Bertz CT molecular complexity index is 1130. The number of aromatic hydroxyl groups is 1. The Morgan fingerprint density at radius 3 is 2.47 bits per heavy atom. The van der Waals surface area contributed by atoms with Gasteiger partial charge in [-0.2, -0.15) is 0 Å². The Kier molecular flexibility index (Phi) is 5.14. The first-order valence-corrected chi connectivity index (χ1v) is 10.6. The summed E-state index contributed by atoms with van der Waals surface area (Å²) in [6.07, 6.45) is 1.58. The summed E-state index contributed by atoms with van der Waals surface area (Å²) < 4.78 is 0. The van der Waals surface area contributed by atoms with E-state index in [4.69, 9.17) is 11.5 Å². The van der Waals surface area contributed by atoms with Gasteiger partial charge in [-0.1, -0.05) is 19.4 Å². The highest BCUT2D eigenvalue weighted by atomic mass is 16.3. The molecule has 3 atom stereocenters. The first kappa shape index (κ1) is 22.0. The number of phenols is 1. The molecular weight excluding hydrogens is 416 g/mol. The van der Waals surface area contributed by atoms with Crippen molar-refractivity contribution in [1.29, 1.82) is 0 Å². The van der Waals surface area contributed by atoms with E-state index >= 15 is 0 Å². The molecule has 0 bridgehead atoms. The lowest BCUT2D eigenvalue weighted by Crippen LogP contribution is -2.58. The van der Waals surface area contributed by atoms with Crippen molar-refractivity contribution in [3.8, 4) is 5.75 Å². The van der Waals surface area contributed by atoms with E-state index in [1.165, 1.54) is 0 Å². The van der Waals surface area contributed by atoms with Crippen LogP contribution >= 0.6 is 0 Å². The third-order valence-electron chi connectivity index (χ3n) is 6.97. The van der Waals surface area contributed by atoms with E-state index in [-0.39, 0.29) is 36.3 Å². The number of phenolic OH excluding ortho intramolecular Hbond substituents is 1. The number of primary amides is 1. The summed E-state index contributed by atoms with van der Waals surface area (Å²) in [5.41, 5.74) is 9.56. The van der Waals surface area contributed by atoms with Crippen molar-refractivity contribution in [2.75, 3.05) is 0 Å². The summed E-state index contributed by atoms with van der Waals surface area (Å²) in [5, 5.41) is 43.7. The summed E-state index contributed by atoms with van der Waals surface area (Å²) in [6, 6.07) is 1.80. The second-order valence-electron chi connectivity index (χ2n) is 8.76. The molecule has 8 N–H and O–H groups in total. The number of benzene rings is 1. The van der Waals surface area contributed by atoms with Gasteiger partial charge in [0.25, 0.3) is 5.91 Å². The van der Waals surface area contributed by atoms with Crippen LogP contribution in [0.15, 0.2) is 23.0 Å². The summed E-state index contributed by atoms with van der Waals surface area (Å²) in [5.74, 6) is -6.27. The highest BCUT2D eigenvalue weighted by Crippen LogP contribution is 2.52. The number of carbonyl (C=O) groups excluding carboxylic acids is 3. The van der Waals surface area contributed by atoms with Crippen LogP contribution in [0.4, 0.5) is 0 Å². The predicted molar refractivity (Wildman–Crippen MR) is 113 cm³/mol. The van der Waals surface area contributed by atoms with Gasteiger partial charge in [0.15, 0.2) is 11.4 Å². The van der Waals surface area contributed by atoms with Crippen LogP contribution in [-0.4, -0.2) is 43.5 Å². The van der Waals surface area contributed by atoms with Crippen LogP contribution in [0.5, 0.6) is 5.75 Å². The number of hydrogen-bond acceptors (Lipinski definition) is 8. The van der Waals surface area contributed by atoms with Crippen molar-refractivity contribution in [2.24, 2.45) is 23.3 Å². The number of nitrogens with two attached hydrogens (primary N) is 2. The number of hydrogen-bond donors (Lipinski definition) is 6. The Morgan fingerprint density at radius 1 is 1.19 bits per heavy atom. The molecule has 9 nitrogen and oxygen atoms in total. The molecule has 0 aliphatic heterocycles. The van der Waals surface area contributed by atoms with Crippen LogP contribution in [-0.2, 0) is 33.8 Å². The molecule has 9 heteroatoms. The second-order valence-corrected chi connectivity index (χ2v) is 8.76. The Hall–Kier alpha value is -3.17. The quantitative estimate of drug-likeness (QED) is 0.370. The number of fused-ring (bicyclic) bond motifs is 3. The number of Topliss-reactive ketones (excluding diaryl/α,β-unsaturated/α-hetero) is 2. The predicted octanol–water partition coefficient (Wildman–Crippen LogP) is 0.835. The number of rotatable bonds is 4. The van der Waals surface area contributed by atoms with Gasteiger partial charge in [0, 0.05) is 30.0 Å². The Balaban J connectivity index is 1.95. The molecule has 0 aromatic heterocycles. The maximum Gasteiger partial charge on any atom is 0.255 e. The van der Waals surface area contributed by atoms with Gasteiger partial charge < -0.3 is 31.9 Å². The molecule has 170 valence electrons. The van der Waals surface area contributed by atoms with Crippen LogP contribution < -0.4 is 11.5 Å². The lowest BCUT2D eigenvalue weighted by Gasteiger charge is -2.46. The molecule has 4 rings (SSSR count). The van der Waals surface area contributed by atoms with E-state index in [1.54, 1.807) is 6.07 Å². The molecule has 1 saturated carbocycles. The van der Waals surface area contributed by atoms with Crippen LogP contribution in [0.25, 0.3) is 5.76 Å². The monoisotopic (exact) mass is 442 g/mol. The number of carbonyl (C=O) groups is 3. The molecule has 1 fully saturated rings. The maximum absolute atomic E-state index is 13.5. The van der Waals surface area contributed by atoms with Gasteiger partial charge in [-0.3, -0.25) is 14.4 Å². The van der Waals surface area contributed by atoms with E-state index < -0.39 is 52.0 Å². The van der Waals surface area contributed by atoms with E-state index in [0.29, 0.717) is 24.0 Å². The maximum atomic E-state index is 13.5. The third kappa shape index (κ3) is 2.81. The fraction of sp³-hybridized carbons (Fsp3) is 0.435. The average Bonchev–Trinajstić information content (AvgIpc) is 2.72. The topological polar surface area (TPSA) is 184 Å². The fourth-order valence-electron chi connectivity index (χ4n) is 5.48. The average molecular weight is 442 g/mol. The number of aliphatic hydroxyl groups is 3. The third-order valence-corrected chi connectivity index (χ3v) is 6.97. The largest absolute Gasteiger partial charge is 0.508 e. The minimum absolute atomic E-state index is 0.0233. The highest BCUT2D eigenvalue weighted by molar-refractivity contribution is 6.22. The van der Waals surface area contributed by atoms with Gasteiger partial charge in [-0.25, -0.2) is 0 Å². The molecule has 3 aliphatic rings. The van der Waals surface area contributed by atoms with Gasteiger partial charge >= 0.3 is 0 Å². The molecule has 1 aromatic rings. The second kappa shape index (κ2) is 7.46. The lowest BCUT2D eigenvalue weighted by molar-refractivity contribution is -0.147. The number of ketones is 2. The van der Waals surface area contributed by atoms with Gasteiger partial charge in [-0.15, -0.1) is 0 Å². The molecule has 1 amide bonds. The molecule has 0 spiro atoms. The standard InChI is InChI=1S/C23H26N2O7/c1-2-3-9-4-11(8-24)18(27)16-13(9)6-10-5-12-7-14(26)17(22(25)31)21(30)23(12,32)20(29)15(10)19(16)28/h4,10,12,27-28,30,32H,2-3,5-8,24H2,1H3,(H2,25,31)/t10-,12?,23+/m1/s1. The van der Waals surface area contributed by atoms with Gasteiger partial charge in [0.1, 0.15) is 22.8 Å². The summed E-state index contributed by atoms with van der Waals surface area (Å²) in [6.45, 7) is 2.02. The molecule has 1 aromatic carbocycles. The van der Waals surface area contributed by atoms with Crippen molar-refractivity contribution in [1.82, 2.24) is 0 Å². The van der Waals surface area contributed by atoms with E-state index in [9.17, 15) is 34.8 Å². The Labute approximate surface area is 184 Å². The van der Waals surface area contributed by atoms with Crippen molar-refractivity contribution < 1.29 is 34.8 Å². The van der Waals surface area contributed by atoms with Crippen molar-refractivity contribution in [3.63, 3.8) is 0 Å². The van der Waals surface area contributed by atoms with E-state index in [2.05, 4.69) is 0 Å². The van der Waals surface area contributed by atoms with Crippen LogP contribution in [0, 0.1) is 11.8 Å². The van der Waals surface area contributed by atoms with Crippen molar-refractivity contribution in [2.45, 2.75) is 51.2 Å². The SMILES string of the molecule is CCCc1cc(CN)c(O)c2c1C[C@H]1CC3CC(=O)C(C(N)=O)=C(O)[C@@]3(O)C(=O)C1=C2O. The highest BCUT2D eigenvalue weighted by Gasteiger charge is 2.60. The molecular formula is C23H26N2O7. The van der Waals surface area contributed by atoms with Crippen molar-refractivity contribution in [3.05, 3.63) is 45.2 Å². The van der Waals surface area contributed by atoms with E-state index in [1.807, 2.05) is 6.92 Å². The summed E-state index contributed by atoms with van der Waals surface area (Å²) in [7, 11) is 0. The normalized spacial score (nSPS) is 27.2. The minimum Gasteiger partial charge on any atom is -0.508 e. The molecule has 3 aliphatic carbocycles. The fourth-order valence-corrected chi connectivity index (χ4v) is 5.48. The summed E-state index contributed by atoms with van der Waals surface area (Å²) in [4.78, 5) is 37.5. The number of aliphatic hydroxyl groups excluding tert-OH is 2. The van der Waals surface area contributed by atoms with Gasteiger partial charge in [-0.05, 0) is 36.3 Å². The lowest BCUT2D eigenvalue weighted by atomic mass is 9.59. The first-order chi connectivity index (χ1) is 15.1. The Morgan fingerprint density at radius 2 is 1.88 bits per heavy atom. The van der Waals surface area contributed by atoms with Crippen LogP contribution in [0.3, 0.4) is 0 Å². The molecule has 0 heterocycles. The van der Waals surface area contributed by atoms with Gasteiger partial charge in [0.2, 0.25) is 5.78 Å². The van der Waals surface area contributed by atoms with E-state index in [0.717, 1.165) is 12.0 Å². The van der Waals surface area contributed by atoms with Crippen molar-refractivity contribution >= 4 is 23.2 Å². The van der Waals surface area contributed by atoms with Crippen LogP contribution in [0.2, 0.25) is 0 Å². The van der Waals surface area contributed by atoms with Crippen LogP contribution in [0.1, 0.15) is 48.4 Å². The minimum atomic E-state index is -2.55. The first-order valence-electron chi connectivity index (χ1n) is 10.6. The van der Waals surface area contributed by atoms with Gasteiger partial charge in [0.05, 0.1) is 5.56 Å². The molecule has 32 heavy (non-hydrogen) atoms. The molecule has 1 unspecified atom stereocenters. The zero-order valence-electron chi connectivity index (χ0n) is 17.6. The smallest absolute Gasteiger partial charge is 0.255 e. The number of amides is 1. The zero-order chi connectivity index (χ0) is 23.5. The molecule has 0 radical (unpaired) electrons. The number of aryl methyl sites for hydroxylation is 1. The summed E-state index contributed by atoms with van der Waals surface area (Å²) >= 11 is 0. The molecule has 0 saturated heterocycles.